The second kappa shape index (κ2) is 13.8. The van der Waals surface area contributed by atoms with E-state index in [4.69, 9.17) is 9.47 Å². The normalized spacial score (nSPS) is 21.8. The monoisotopic (exact) mass is 380 g/mol. The summed E-state index contributed by atoms with van der Waals surface area (Å²) < 4.78 is 10.7. The van der Waals surface area contributed by atoms with Gasteiger partial charge in [0.1, 0.15) is 0 Å². The molecule has 1 rings (SSSR count). The number of unbranched alkanes of at least 4 members (excludes halogenated alkanes) is 6. The molecule has 0 saturated heterocycles. The predicted molar refractivity (Wildman–Crippen MR) is 109 cm³/mol. The highest BCUT2D eigenvalue weighted by molar-refractivity contribution is 5.86. The van der Waals surface area contributed by atoms with Gasteiger partial charge in [-0.2, -0.15) is 0 Å². The number of hydrogen-bond acceptors (Lipinski definition) is 4. The van der Waals surface area contributed by atoms with E-state index in [0.717, 1.165) is 37.7 Å². The summed E-state index contributed by atoms with van der Waals surface area (Å²) >= 11 is 0. The van der Waals surface area contributed by atoms with Gasteiger partial charge in [0.05, 0.1) is 25.0 Å². The molecule has 0 N–H and O–H groups in total. The van der Waals surface area contributed by atoms with E-state index in [2.05, 4.69) is 19.9 Å². The summed E-state index contributed by atoms with van der Waals surface area (Å²) in [6, 6.07) is 0. The predicted octanol–water partition coefficient (Wildman–Crippen LogP) is 5.84. The summed E-state index contributed by atoms with van der Waals surface area (Å²) in [6.07, 6.45) is 13.3. The quantitative estimate of drug-likeness (QED) is 0.216. The minimum atomic E-state index is -0.457. The third-order valence-corrected chi connectivity index (χ3v) is 5.46. The Hall–Kier alpha value is -1.32. The van der Waals surface area contributed by atoms with E-state index in [9.17, 15) is 9.59 Å². The van der Waals surface area contributed by atoms with Crippen LogP contribution in [-0.4, -0.2) is 25.2 Å². The fourth-order valence-electron chi connectivity index (χ4n) is 4.10. The first-order valence-corrected chi connectivity index (χ1v) is 11.1. The average molecular weight is 381 g/mol. The van der Waals surface area contributed by atoms with Crippen LogP contribution in [0.4, 0.5) is 0 Å². The smallest absolute Gasteiger partial charge is 0.313 e. The van der Waals surface area contributed by atoms with Crippen molar-refractivity contribution in [3.63, 3.8) is 0 Å². The molecule has 0 aromatic carbocycles. The number of carbonyl (C=O) groups excluding carboxylic acids is 2. The molecule has 4 nitrogen and oxygen atoms in total. The van der Waals surface area contributed by atoms with Crippen molar-refractivity contribution in [1.82, 2.24) is 0 Å². The number of rotatable bonds is 14. The van der Waals surface area contributed by atoms with Gasteiger partial charge in [0.15, 0.2) is 0 Å². The van der Waals surface area contributed by atoms with Gasteiger partial charge in [-0.3, -0.25) is 9.59 Å². The summed E-state index contributed by atoms with van der Waals surface area (Å²) in [7, 11) is 0. The van der Waals surface area contributed by atoms with Crippen LogP contribution in [0.15, 0.2) is 11.6 Å². The molecule has 0 aromatic heterocycles. The van der Waals surface area contributed by atoms with E-state index in [-0.39, 0.29) is 17.9 Å². The van der Waals surface area contributed by atoms with Gasteiger partial charge in [-0.05, 0) is 39.0 Å². The van der Waals surface area contributed by atoms with Gasteiger partial charge in [0.25, 0.3) is 0 Å². The summed E-state index contributed by atoms with van der Waals surface area (Å²) in [5, 5.41) is 0. The van der Waals surface area contributed by atoms with Crippen molar-refractivity contribution >= 4 is 11.9 Å². The van der Waals surface area contributed by atoms with E-state index in [1.165, 1.54) is 32.1 Å². The molecule has 0 spiro atoms. The summed E-state index contributed by atoms with van der Waals surface area (Å²) in [4.78, 5) is 25.4. The Morgan fingerprint density at radius 3 is 2.00 bits per heavy atom. The van der Waals surface area contributed by atoms with Crippen molar-refractivity contribution in [1.29, 1.82) is 0 Å². The molecule has 1 aliphatic carbocycles. The van der Waals surface area contributed by atoms with Crippen LogP contribution in [0, 0.1) is 17.8 Å². The third-order valence-electron chi connectivity index (χ3n) is 5.46. The first-order valence-electron chi connectivity index (χ1n) is 11.1. The zero-order chi connectivity index (χ0) is 20.1. The van der Waals surface area contributed by atoms with E-state index in [0.29, 0.717) is 13.2 Å². The SMILES string of the molecule is CCCCCCC1=CC(CCCCCC)C(C(=O)OCC)C1C(=O)OCC. The second-order valence-electron chi connectivity index (χ2n) is 7.57. The molecule has 156 valence electrons. The molecule has 0 aliphatic heterocycles. The molecule has 4 heteroatoms. The molecule has 0 saturated carbocycles. The maximum absolute atomic E-state index is 12.7. The molecular formula is C23H40O4. The summed E-state index contributed by atoms with van der Waals surface area (Å²) in [6.45, 7) is 8.72. The van der Waals surface area contributed by atoms with Crippen LogP contribution in [0.25, 0.3) is 0 Å². The van der Waals surface area contributed by atoms with Crippen molar-refractivity contribution in [2.75, 3.05) is 13.2 Å². The minimum Gasteiger partial charge on any atom is -0.466 e. The van der Waals surface area contributed by atoms with E-state index >= 15 is 0 Å². The lowest BCUT2D eigenvalue weighted by molar-refractivity contribution is -0.159. The van der Waals surface area contributed by atoms with Crippen LogP contribution in [0.2, 0.25) is 0 Å². The van der Waals surface area contributed by atoms with E-state index < -0.39 is 11.8 Å². The van der Waals surface area contributed by atoms with Gasteiger partial charge >= 0.3 is 11.9 Å². The summed E-state index contributed by atoms with van der Waals surface area (Å²) in [5.74, 6) is -1.27. The Balaban J connectivity index is 2.94. The second-order valence-corrected chi connectivity index (χ2v) is 7.57. The van der Waals surface area contributed by atoms with Crippen LogP contribution >= 0.6 is 0 Å². The Labute approximate surface area is 166 Å². The Kier molecular flexibility index (Phi) is 12.1. The highest BCUT2D eigenvalue weighted by atomic mass is 16.5. The van der Waals surface area contributed by atoms with Crippen molar-refractivity contribution in [2.24, 2.45) is 17.8 Å². The van der Waals surface area contributed by atoms with Crippen LogP contribution in [0.1, 0.15) is 91.9 Å². The lowest BCUT2D eigenvalue weighted by Crippen LogP contribution is -2.34. The number of allylic oxidation sites excluding steroid dienone is 1. The molecular weight excluding hydrogens is 340 g/mol. The topological polar surface area (TPSA) is 52.6 Å². The standard InChI is InChI=1S/C23H40O4/c1-5-9-11-13-15-18-17-19(16-14-12-10-6-2)21(23(25)27-8-4)20(18)22(24)26-7-3/h17-18,20-21H,5-16H2,1-4H3. The maximum Gasteiger partial charge on any atom is 0.313 e. The maximum atomic E-state index is 12.7. The Morgan fingerprint density at radius 2 is 1.41 bits per heavy atom. The van der Waals surface area contributed by atoms with Gasteiger partial charge in [-0.25, -0.2) is 0 Å². The third kappa shape index (κ3) is 7.67. The lowest BCUT2D eigenvalue weighted by Gasteiger charge is -2.24. The van der Waals surface area contributed by atoms with Crippen LogP contribution < -0.4 is 0 Å². The van der Waals surface area contributed by atoms with Crippen LogP contribution in [0.5, 0.6) is 0 Å². The van der Waals surface area contributed by atoms with Crippen molar-refractivity contribution < 1.29 is 19.1 Å². The molecule has 3 unspecified atom stereocenters. The lowest BCUT2D eigenvalue weighted by atomic mass is 9.82. The van der Waals surface area contributed by atoms with Gasteiger partial charge < -0.3 is 9.47 Å². The Bertz CT molecular complexity index is 469. The zero-order valence-corrected chi connectivity index (χ0v) is 17.9. The first kappa shape index (κ1) is 23.7. The van der Waals surface area contributed by atoms with Crippen LogP contribution in [0.3, 0.4) is 0 Å². The van der Waals surface area contributed by atoms with Gasteiger partial charge in [-0.15, -0.1) is 0 Å². The van der Waals surface area contributed by atoms with Crippen molar-refractivity contribution in [2.45, 2.75) is 91.9 Å². The molecule has 0 aromatic rings. The van der Waals surface area contributed by atoms with Crippen molar-refractivity contribution in [3.05, 3.63) is 11.6 Å². The number of ether oxygens (including phenoxy) is 2. The molecule has 1 aliphatic rings. The number of esters is 2. The average Bonchev–Trinajstić information content (AvgIpc) is 3.01. The zero-order valence-electron chi connectivity index (χ0n) is 17.9. The molecule has 0 amide bonds. The van der Waals surface area contributed by atoms with Gasteiger partial charge in [-0.1, -0.05) is 70.4 Å². The number of carbonyl (C=O) groups is 2. The molecule has 27 heavy (non-hydrogen) atoms. The Morgan fingerprint density at radius 1 is 0.815 bits per heavy atom. The van der Waals surface area contributed by atoms with Crippen LogP contribution in [-0.2, 0) is 19.1 Å². The largest absolute Gasteiger partial charge is 0.466 e. The molecule has 0 heterocycles. The fourth-order valence-corrected chi connectivity index (χ4v) is 4.10. The molecule has 0 bridgehead atoms. The highest BCUT2D eigenvalue weighted by Crippen LogP contribution is 2.43. The van der Waals surface area contributed by atoms with E-state index in [1.807, 2.05) is 13.8 Å². The molecule has 0 radical (unpaired) electrons. The molecule has 3 atom stereocenters. The van der Waals surface area contributed by atoms with Gasteiger partial charge in [0, 0.05) is 0 Å². The van der Waals surface area contributed by atoms with Crippen molar-refractivity contribution in [3.8, 4) is 0 Å². The molecule has 0 fully saturated rings. The summed E-state index contributed by atoms with van der Waals surface area (Å²) in [5.41, 5.74) is 1.10. The number of hydrogen-bond donors (Lipinski definition) is 0. The minimum absolute atomic E-state index is 0.0940. The first-order chi connectivity index (χ1) is 13.1. The van der Waals surface area contributed by atoms with Gasteiger partial charge in [0.2, 0.25) is 0 Å². The highest BCUT2D eigenvalue weighted by Gasteiger charge is 2.46. The fraction of sp³-hybridized carbons (Fsp3) is 0.826. The van der Waals surface area contributed by atoms with E-state index in [1.54, 1.807) is 0 Å².